The van der Waals surface area contributed by atoms with Crippen molar-refractivity contribution in [1.82, 2.24) is 4.90 Å². The maximum Gasteiger partial charge on any atom is 0.253 e. The van der Waals surface area contributed by atoms with Crippen molar-refractivity contribution in [2.24, 2.45) is 5.73 Å². The maximum absolute atomic E-state index is 12.1. The highest BCUT2D eigenvalue weighted by molar-refractivity contribution is 9.11. The lowest BCUT2D eigenvalue weighted by molar-refractivity contribution is 0.0799. The monoisotopic (exact) mass is 378 g/mol. The lowest BCUT2D eigenvalue weighted by Crippen LogP contribution is -2.30. The summed E-state index contributed by atoms with van der Waals surface area (Å²) in [4.78, 5) is 14.1. The quantitative estimate of drug-likeness (QED) is 0.818. The Morgan fingerprint density at radius 3 is 2.35 bits per heavy atom. The van der Waals surface area contributed by atoms with Gasteiger partial charge in [-0.2, -0.15) is 0 Å². The van der Waals surface area contributed by atoms with Crippen LogP contribution in [-0.2, 0) is 0 Å². The van der Waals surface area contributed by atoms with Crippen LogP contribution in [0.5, 0.6) is 0 Å². The number of benzene rings is 1. The molecule has 3 nitrogen and oxygen atoms in total. The van der Waals surface area contributed by atoms with Crippen LogP contribution in [0.25, 0.3) is 0 Å². The molecule has 0 spiro atoms. The number of nitrogens with zero attached hydrogens (tertiary/aromatic N) is 1. The van der Waals surface area contributed by atoms with E-state index in [0.717, 1.165) is 8.95 Å². The Hall–Kier alpha value is -0.460. The van der Waals surface area contributed by atoms with Gasteiger partial charge in [-0.25, -0.2) is 0 Å². The van der Waals surface area contributed by atoms with E-state index >= 15 is 0 Å². The summed E-state index contributed by atoms with van der Waals surface area (Å²) in [6, 6.07) is 5.44. The largest absolute Gasteiger partial charge is 0.393 e. The van der Waals surface area contributed by atoms with E-state index in [4.69, 9.17) is 18.0 Å². The molecule has 1 aromatic rings. The van der Waals surface area contributed by atoms with Crippen molar-refractivity contribution in [2.75, 3.05) is 13.6 Å². The van der Waals surface area contributed by atoms with E-state index < -0.39 is 0 Å². The molecule has 1 amide bonds. The minimum absolute atomic E-state index is 0.0525. The lowest BCUT2D eigenvalue weighted by atomic mass is 10.2. The fourth-order valence-corrected chi connectivity index (χ4v) is 2.66. The molecule has 2 N–H and O–H groups in total. The molecule has 0 aliphatic rings. The van der Waals surface area contributed by atoms with Crippen molar-refractivity contribution < 1.29 is 4.79 Å². The van der Waals surface area contributed by atoms with Crippen molar-refractivity contribution >= 4 is 55.0 Å². The van der Waals surface area contributed by atoms with Crippen LogP contribution in [0.1, 0.15) is 16.8 Å². The van der Waals surface area contributed by atoms with E-state index in [1.165, 1.54) is 0 Å². The van der Waals surface area contributed by atoms with Gasteiger partial charge < -0.3 is 10.6 Å². The topological polar surface area (TPSA) is 46.3 Å². The average molecular weight is 380 g/mol. The van der Waals surface area contributed by atoms with Gasteiger partial charge in [-0.15, -0.1) is 0 Å². The third-order valence-corrected chi connectivity index (χ3v) is 3.27. The molecule has 17 heavy (non-hydrogen) atoms. The Balaban J connectivity index is 2.77. The first kappa shape index (κ1) is 14.6. The predicted molar refractivity (Wildman–Crippen MR) is 80.2 cm³/mol. The smallest absolute Gasteiger partial charge is 0.253 e. The van der Waals surface area contributed by atoms with Gasteiger partial charge in [-0.05, 0) is 18.2 Å². The fraction of sp³-hybridized carbons (Fsp3) is 0.273. The zero-order valence-electron chi connectivity index (χ0n) is 9.24. The highest BCUT2D eigenvalue weighted by Gasteiger charge is 2.12. The molecule has 0 radical (unpaired) electrons. The Morgan fingerprint density at radius 1 is 1.35 bits per heavy atom. The Morgan fingerprint density at radius 2 is 1.88 bits per heavy atom. The van der Waals surface area contributed by atoms with Crippen LogP contribution in [0, 0.1) is 0 Å². The van der Waals surface area contributed by atoms with Crippen LogP contribution in [-0.4, -0.2) is 29.4 Å². The molecule has 0 bridgehead atoms. The third kappa shape index (κ3) is 4.73. The minimum Gasteiger partial charge on any atom is -0.393 e. The van der Waals surface area contributed by atoms with E-state index in [-0.39, 0.29) is 5.91 Å². The Kier molecular flexibility index (Phi) is 5.55. The van der Waals surface area contributed by atoms with Gasteiger partial charge in [0.25, 0.3) is 5.91 Å². The first-order valence-electron chi connectivity index (χ1n) is 4.90. The molecular formula is C11H12Br2N2OS. The van der Waals surface area contributed by atoms with Gasteiger partial charge in [-0.1, -0.05) is 44.1 Å². The second-order valence-corrected chi connectivity index (χ2v) is 5.96. The third-order valence-electron chi connectivity index (χ3n) is 2.15. The van der Waals surface area contributed by atoms with Gasteiger partial charge in [-0.3, -0.25) is 4.79 Å². The average Bonchev–Trinajstić information content (AvgIpc) is 2.23. The van der Waals surface area contributed by atoms with E-state index in [1.54, 1.807) is 24.1 Å². The van der Waals surface area contributed by atoms with Crippen LogP contribution in [0.3, 0.4) is 0 Å². The molecule has 0 unspecified atom stereocenters. The number of nitrogens with two attached hydrogens (primary N) is 1. The number of hydrogen-bond donors (Lipinski definition) is 1. The molecule has 0 aromatic heterocycles. The van der Waals surface area contributed by atoms with E-state index in [2.05, 4.69) is 31.9 Å². The van der Waals surface area contributed by atoms with Crippen molar-refractivity contribution in [3.63, 3.8) is 0 Å². The summed E-state index contributed by atoms with van der Waals surface area (Å²) in [5, 5.41) is 0. The molecule has 0 saturated carbocycles. The second-order valence-electron chi connectivity index (χ2n) is 3.60. The summed E-state index contributed by atoms with van der Waals surface area (Å²) in [6.45, 7) is 0.526. The maximum atomic E-state index is 12.1. The highest BCUT2D eigenvalue weighted by atomic mass is 79.9. The molecule has 6 heteroatoms. The summed E-state index contributed by atoms with van der Waals surface area (Å²) in [5.74, 6) is -0.0525. The molecule has 0 aliphatic heterocycles. The highest BCUT2D eigenvalue weighted by Crippen LogP contribution is 2.20. The zero-order valence-corrected chi connectivity index (χ0v) is 13.2. The molecule has 0 aliphatic carbocycles. The normalized spacial score (nSPS) is 10.1. The lowest BCUT2D eigenvalue weighted by Gasteiger charge is -2.17. The van der Waals surface area contributed by atoms with Gasteiger partial charge in [0.05, 0.1) is 4.99 Å². The molecule has 1 aromatic carbocycles. The predicted octanol–water partition coefficient (Wildman–Crippen LogP) is 2.96. The second kappa shape index (κ2) is 6.47. The minimum atomic E-state index is -0.0525. The zero-order chi connectivity index (χ0) is 13.0. The van der Waals surface area contributed by atoms with Gasteiger partial charge in [0.2, 0.25) is 0 Å². The Bertz CT molecular complexity index is 431. The number of rotatable bonds is 4. The van der Waals surface area contributed by atoms with Crippen LogP contribution < -0.4 is 5.73 Å². The Labute approximate surface area is 123 Å². The van der Waals surface area contributed by atoms with E-state index in [9.17, 15) is 4.79 Å². The van der Waals surface area contributed by atoms with Gasteiger partial charge in [0.15, 0.2) is 0 Å². The standard InChI is InChI=1S/C11H12Br2N2OS/c1-15(3-2-10(14)17)11(16)7-4-8(12)6-9(13)5-7/h4-6H,2-3H2,1H3,(H2,14,17). The van der Waals surface area contributed by atoms with Crippen molar-refractivity contribution in [3.05, 3.63) is 32.7 Å². The molecule has 0 saturated heterocycles. The van der Waals surface area contributed by atoms with Gasteiger partial charge in [0, 0.05) is 34.5 Å². The summed E-state index contributed by atoms with van der Waals surface area (Å²) in [6.07, 6.45) is 0.534. The first-order chi connectivity index (χ1) is 7.90. The SMILES string of the molecule is CN(CCC(N)=S)C(=O)c1cc(Br)cc(Br)c1. The van der Waals surface area contributed by atoms with E-state index in [1.807, 2.05) is 6.07 Å². The molecular weight excluding hydrogens is 368 g/mol. The van der Waals surface area contributed by atoms with Crippen LogP contribution in [0.2, 0.25) is 0 Å². The molecule has 0 atom stereocenters. The van der Waals surface area contributed by atoms with Crippen LogP contribution in [0.4, 0.5) is 0 Å². The molecule has 1 rings (SSSR count). The number of thiocarbonyl (C=S) groups is 1. The fourth-order valence-electron chi connectivity index (χ4n) is 1.28. The number of amides is 1. The van der Waals surface area contributed by atoms with Crippen molar-refractivity contribution in [3.8, 4) is 0 Å². The summed E-state index contributed by atoms with van der Waals surface area (Å²) in [5.41, 5.74) is 6.03. The van der Waals surface area contributed by atoms with Gasteiger partial charge in [0.1, 0.15) is 0 Å². The van der Waals surface area contributed by atoms with E-state index in [0.29, 0.717) is 23.5 Å². The molecule has 92 valence electrons. The summed E-state index contributed by atoms with van der Waals surface area (Å²) >= 11 is 11.5. The van der Waals surface area contributed by atoms with Gasteiger partial charge >= 0.3 is 0 Å². The molecule has 0 heterocycles. The first-order valence-corrected chi connectivity index (χ1v) is 6.89. The van der Waals surface area contributed by atoms with Crippen molar-refractivity contribution in [1.29, 1.82) is 0 Å². The number of halogens is 2. The number of carbonyl (C=O) groups is 1. The summed E-state index contributed by atoms with van der Waals surface area (Å²) < 4.78 is 1.72. The van der Waals surface area contributed by atoms with Crippen LogP contribution >= 0.6 is 44.1 Å². The summed E-state index contributed by atoms with van der Waals surface area (Å²) in [7, 11) is 1.73. The number of carbonyl (C=O) groups excluding carboxylic acids is 1. The van der Waals surface area contributed by atoms with Crippen LogP contribution in [0.15, 0.2) is 27.1 Å². The van der Waals surface area contributed by atoms with Crippen molar-refractivity contribution in [2.45, 2.75) is 6.42 Å². The molecule has 0 fully saturated rings. The number of hydrogen-bond acceptors (Lipinski definition) is 2.